The second-order valence-corrected chi connectivity index (χ2v) is 9.18. The molecule has 0 radical (unpaired) electrons. The summed E-state index contributed by atoms with van der Waals surface area (Å²) in [5, 5.41) is 2.87. The molecule has 1 amide bonds. The molecule has 0 saturated carbocycles. The Bertz CT molecular complexity index is 985. The van der Waals surface area contributed by atoms with Gasteiger partial charge >= 0.3 is 0 Å². The van der Waals surface area contributed by atoms with E-state index in [4.69, 9.17) is 0 Å². The van der Waals surface area contributed by atoms with E-state index in [0.717, 1.165) is 25.1 Å². The number of anilines is 2. The van der Waals surface area contributed by atoms with E-state index < -0.39 is 10.0 Å². The van der Waals surface area contributed by atoms with Gasteiger partial charge in [-0.25, -0.2) is 8.42 Å². The Morgan fingerprint density at radius 3 is 2.59 bits per heavy atom. The number of benzene rings is 2. The first-order chi connectivity index (χ1) is 13.9. The fraction of sp³-hybridized carbons (Fsp3) is 0.409. The second kappa shape index (κ2) is 8.97. The lowest BCUT2D eigenvalue weighted by Crippen LogP contribution is -2.36. The van der Waals surface area contributed by atoms with E-state index in [0.29, 0.717) is 24.3 Å². The summed E-state index contributed by atoms with van der Waals surface area (Å²) in [6, 6.07) is 13.2. The van der Waals surface area contributed by atoms with Crippen molar-refractivity contribution in [3.05, 3.63) is 53.6 Å². The van der Waals surface area contributed by atoms with Crippen molar-refractivity contribution in [3.8, 4) is 0 Å². The van der Waals surface area contributed by atoms with Crippen molar-refractivity contribution in [2.75, 3.05) is 36.4 Å². The molecule has 6 nitrogen and oxygen atoms in total. The predicted molar refractivity (Wildman–Crippen MR) is 117 cm³/mol. The van der Waals surface area contributed by atoms with Crippen LogP contribution in [0.5, 0.6) is 0 Å². The van der Waals surface area contributed by atoms with Crippen LogP contribution in [0.15, 0.2) is 47.4 Å². The summed E-state index contributed by atoms with van der Waals surface area (Å²) in [6.45, 7) is 7.29. The van der Waals surface area contributed by atoms with Gasteiger partial charge in [0.15, 0.2) is 0 Å². The highest BCUT2D eigenvalue weighted by Gasteiger charge is 2.24. The summed E-state index contributed by atoms with van der Waals surface area (Å²) < 4.78 is 27.2. The summed E-state index contributed by atoms with van der Waals surface area (Å²) in [5.41, 5.74) is 3.52. The Labute approximate surface area is 173 Å². The van der Waals surface area contributed by atoms with Gasteiger partial charge in [0.25, 0.3) is 0 Å². The number of nitrogens with one attached hydrogen (secondary N) is 1. The van der Waals surface area contributed by atoms with E-state index in [-0.39, 0.29) is 17.3 Å². The van der Waals surface area contributed by atoms with E-state index in [2.05, 4.69) is 16.3 Å². The molecule has 3 rings (SSSR count). The third kappa shape index (κ3) is 4.62. The summed E-state index contributed by atoms with van der Waals surface area (Å²) in [4.78, 5) is 15.0. The Hall–Kier alpha value is -2.38. The van der Waals surface area contributed by atoms with Crippen LogP contribution in [0.25, 0.3) is 0 Å². The monoisotopic (exact) mass is 415 g/mol. The van der Waals surface area contributed by atoms with E-state index in [1.807, 2.05) is 32.0 Å². The number of aryl methyl sites for hydroxylation is 2. The Balaban J connectivity index is 1.77. The molecule has 0 bridgehead atoms. The van der Waals surface area contributed by atoms with Crippen molar-refractivity contribution in [1.82, 2.24) is 4.31 Å². The lowest BCUT2D eigenvalue weighted by Gasteiger charge is -2.30. The van der Waals surface area contributed by atoms with Crippen molar-refractivity contribution in [1.29, 1.82) is 0 Å². The van der Waals surface area contributed by atoms with E-state index >= 15 is 0 Å². The summed E-state index contributed by atoms with van der Waals surface area (Å²) in [5.74, 6) is -0.156. The van der Waals surface area contributed by atoms with Gasteiger partial charge < -0.3 is 10.2 Å². The SMILES string of the molecule is CCN(CC)S(=O)(=O)c1cc(NC(=O)CN2CCCc3ccccc32)ccc1C. The topological polar surface area (TPSA) is 69.7 Å². The summed E-state index contributed by atoms with van der Waals surface area (Å²) in [7, 11) is -3.59. The molecule has 1 aliphatic heterocycles. The predicted octanol–water partition coefficient (Wildman–Crippen LogP) is 3.42. The Morgan fingerprint density at radius 2 is 1.86 bits per heavy atom. The van der Waals surface area contributed by atoms with Crippen LogP contribution in [0, 0.1) is 6.92 Å². The molecule has 2 aromatic carbocycles. The van der Waals surface area contributed by atoms with E-state index in [1.54, 1.807) is 25.1 Å². The summed E-state index contributed by atoms with van der Waals surface area (Å²) in [6.07, 6.45) is 2.04. The third-order valence-corrected chi connectivity index (χ3v) is 7.53. The van der Waals surface area contributed by atoms with Gasteiger partial charge in [0, 0.05) is 31.0 Å². The van der Waals surface area contributed by atoms with Crippen LogP contribution in [0.3, 0.4) is 0 Å². The number of sulfonamides is 1. The van der Waals surface area contributed by atoms with Gasteiger partial charge in [-0.15, -0.1) is 0 Å². The lowest BCUT2D eigenvalue weighted by atomic mass is 10.0. The molecule has 0 spiro atoms. The van der Waals surface area contributed by atoms with Gasteiger partial charge in [0.05, 0.1) is 11.4 Å². The third-order valence-electron chi connectivity index (χ3n) is 5.34. The highest BCUT2D eigenvalue weighted by Crippen LogP contribution is 2.27. The first-order valence-electron chi connectivity index (χ1n) is 10.1. The maximum absolute atomic E-state index is 12.9. The van der Waals surface area contributed by atoms with Crippen LogP contribution in [0.4, 0.5) is 11.4 Å². The van der Waals surface area contributed by atoms with Crippen LogP contribution in [0.2, 0.25) is 0 Å². The number of hydrogen-bond donors (Lipinski definition) is 1. The highest BCUT2D eigenvalue weighted by molar-refractivity contribution is 7.89. The number of amides is 1. The highest BCUT2D eigenvalue weighted by atomic mass is 32.2. The molecule has 0 aromatic heterocycles. The van der Waals surface area contributed by atoms with Crippen LogP contribution in [0.1, 0.15) is 31.4 Å². The maximum atomic E-state index is 12.9. The van der Waals surface area contributed by atoms with Crippen LogP contribution < -0.4 is 10.2 Å². The van der Waals surface area contributed by atoms with Crippen molar-refractivity contribution < 1.29 is 13.2 Å². The summed E-state index contributed by atoms with van der Waals surface area (Å²) >= 11 is 0. The zero-order valence-electron chi connectivity index (χ0n) is 17.3. The number of fused-ring (bicyclic) bond motifs is 1. The number of rotatable bonds is 7. The molecule has 156 valence electrons. The molecule has 1 N–H and O–H groups in total. The molecule has 0 atom stereocenters. The molecule has 0 unspecified atom stereocenters. The van der Waals surface area contributed by atoms with Crippen molar-refractivity contribution in [2.45, 2.75) is 38.5 Å². The molecule has 2 aromatic rings. The smallest absolute Gasteiger partial charge is 0.243 e. The van der Waals surface area contributed by atoms with Gasteiger partial charge in [-0.3, -0.25) is 4.79 Å². The van der Waals surface area contributed by atoms with Gasteiger partial charge in [0.2, 0.25) is 15.9 Å². The zero-order valence-corrected chi connectivity index (χ0v) is 18.1. The second-order valence-electron chi connectivity index (χ2n) is 7.27. The number of hydrogen-bond acceptors (Lipinski definition) is 4. The van der Waals surface area contributed by atoms with Gasteiger partial charge in [0.1, 0.15) is 0 Å². The maximum Gasteiger partial charge on any atom is 0.243 e. The fourth-order valence-electron chi connectivity index (χ4n) is 3.81. The van der Waals surface area contributed by atoms with Gasteiger partial charge in [-0.05, 0) is 49.1 Å². The molecule has 0 saturated heterocycles. The fourth-order valence-corrected chi connectivity index (χ4v) is 5.52. The Kier molecular flexibility index (Phi) is 6.59. The quantitative estimate of drug-likeness (QED) is 0.752. The number of carbonyl (C=O) groups is 1. The average Bonchev–Trinajstić information content (AvgIpc) is 2.70. The average molecular weight is 416 g/mol. The van der Waals surface area contributed by atoms with Gasteiger partial charge in [-0.1, -0.05) is 38.1 Å². The molecule has 0 fully saturated rings. The molecule has 1 aliphatic rings. The van der Waals surface area contributed by atoms with Crippen molar-refractivity contribution in [3.63, 3.8) is 0 Å². The molecular formula is C22H29N3O3S. The normalized spacial score (nSPS) is 14.0. The number of para-hydroxylation sites is 1. The first-order valence-corrected chi connectivity index (χ1v) is 11.5. The van der Waals surface area contributed by atoms with E-state index in [9.17, 15) is 13.2 Å². The minimum Gasteiger partial charge on any atom is -0.362 e. The molecular weight excluding hydrogens is 386 g/mol. The van der Waals surface area contributed by atoms with Crippen LogP contribution in [-0.2, 0) is 21.2 Å². The molecule has 1 heterocycles. The van der Waals surface area contributed by atoms with Crippen LogP contribution in [-0.4, -0.2) is 44.8 Å². The van der Waals surface area contributed by atoms with E-state index in [1.165, 1.54) is 9.87 Å². The zero-order chi connectivity index (χ0) is 21.0. The standard InChI is InChI=1S/C22H29N3O3S/c1-4-25(5-2)29(27,28)21-15-19(13-12-17(21)3)23-22(26)16-24-14-8-10-18-9-6-7-11-20(18)24/h6-7,9,11-13,15H,4-5,8,10,14,16H2,1-3H3,(H,23,26). The molecule has 29 heavy (non-hydrogen) atoms. The van der Waals surface area contributed by atoms with Crippen LogP contribution >= 0.6 is 0 Å². The Morgan fingerprint density at radius 1 is 1.14 bits per heavy atom. The largest absolute Gasteiger partial charge is 0.362 e. The lowest BCUT2D eigenvalue weighted by molar-refractivity contribution is -0.115. The number of carbonyl (C=O) groups excluding carboxylic acids is 1. The minimum atomic E-state index is -3.59. The first kappa shape index (κ1) is 21.3. The van der Waals surface area contributed by atoms with Crippen molar-refractivity contribution >= 4 is 27.3 Å². The molecule has 7 heteroatoms. The van der Waals surface area contributed by atoms with Crippen molar-refractivity contribution in [2.24, 2.45) is 0 Å². The molecule has 0 aliphatic carbocycles. The van der Waals surface area contributed by atoms with Gasteiger partial charge in [-0.2, -0.15) is 4.31 Å². The minimum absolute atomic E-state index is 0.156. The number of nitrogens with zero attached hydrogens (tertiary/aromatic N) is 2.